The lowest BCUT2D eigenvalue weighted by atomic mass is 10.0. The lowest BCUT2D eigenvalue weighted by Crippen LogP contribution is -2.08. The summed E-state index contributed by atoms with van der Waals surface area (Å²) in [5.74, 6) is 3.07. The van der Waals surface area contributed by atoms with E-state index in [2.05, 4.69) is 130 Å². The van der Waals surface area contributed by atoms with Gasteiger partial charge in [0.15, 0.2) is 5.82 Å². The molecule has 0 aliphatic rings. The smallest absolute Gasteiger partial charge is 0.222 e. The molecule has 0 atom stereocenters. The average Bonchev–Trinajstić information content (AvgIpc) is 3.76. The van der Waals surface area contributed by atoms with Crippen LogP contribution in [-0.2, 0) is 19.4 Å². The summed E-state index contributed by atoms with van der Waals surface area (Å²) in [4.78, 5) is 4.89. The van der Waals surface area contributed by atoms with Crippen LogP contribution in [0.15, 0.2) is 91.0 Å². The summed E-state index contributed by atoms with van der Waals surface area (Å²) >= 11 is 0. The van der Waals surface area contributed by atoms with Crippen molar-refractivity contribution in [3.8, 4) is 39.6 Å². The van der Waals surface area contributed by atoms with Crippen molar-refractivity contribution in [1.29, 1.82) is 0 Å². The van der Waals surface area contributed by atoms with E-state index in [1.807, 2.05) is 12.1 Å². The fraction of sp³-hybridized carbons (Fsp3) is 0.265. The third kappa shape index (κ3) is 5.79. The minimum absolute atomic E-state index is 0.522. The number of aromatic nitrogens is 8. The molecule has 3 aromatic heterocycles. The maximum atomic E-state index is 4.89. The molecule has 0 aliphatic carbocycles. The first-order valence-corrected chi connectivity index (χ1v) is 14.7. The zero-order valence-corrected chi connectivity index (χ0v) is 24.4. The Kier molecular flexibility index (Phi) is 8.03. The van der Waals surface area contributed by atoms with Crippen LogP contribution in [0.2, 0.25) is 0 Å². The van der Waals surface area contributed by atoms with Crippen molar-refractivity contribution in [1.82, 2.24) is 40.0 Å². The van der Waals surface area contributed by atoms with Crippen LogP contribution in [0.4, 0.5) is 0 Å². The molecule has 212 valence electrons. The molecule has 0 spiro atoms. The molecule has 0 saturated heterocycles. The van der Waals surface area contributed by atoms with Crippen molar-refractivity contribution in [3.63, 3.8) is 0 Å². The lowest BCUT2D eigenvalue weighted by molar-refractivity contribution is 0.592. The van der Waals surface area contributed by atoms with Gasteiger partial charge in [0, 0.05) is 24.1 Å². The molecule has 6 rings (SSSR count). The molecule has 6 aromatic rings. The summed E-state index contributed by atoms with van der Waals surface area (Å²) in [5, 5.41) is 20.3. The van der Waals surface area contributed by atoms with Crippen molar-refractivity contribution in [2.24, 2.45) is 5.92 Å². The van der Waals surface area contributed by atoms with Crippen molar-refractivity contribution in [2.75, 3.05) is 0 Å². The fourth-order valence-corrected chi connectivity index (χ4v) is 5.37. The highest BCUT2D eigenvalue weighted by atomic mass is 15.5. The van der Waals surface area contributed by atoms with E-state index in [-0.39, 0.29) is 0 Å². The van der Waals surface area contributed by atoms with Crippen LogP contribution < -0.4 is 0 Å². The van der Waals surface area contributed by atoms with Gasteiger partial charge in [-0.1, -0.05) is 100.0 Å². The molecule has 8 nitrogen and oxygen atoms in total. The van der Waals surface area contributed by atoms with Gasteiger partial charge in [0.2, 0.25) is 5.82 Å². The van der Waals surface area contributed by atoms with E-state index in [1.165, 1.54) is 5.56 Å². The number of unbranched alkanes of at least 4 members (excludes halogenated alkanes) is 1. The predicted molar refractivity (Wildman–Crippen MR) is 166 cm³/mol. The van der Waals surface area contributed by atoms with E-state index in [0.29, 0.717) is 18.3 Å². The molecule has 0 radical (unpaired) electrons. The zero-order chi connectivity index (χ0) is 28.9. The van der Waals surface area contributed by atoms with E-state index < -0.39 is 0 Å². The van der Waals surface area contributed by atoms with E-state index in [1.54, 1.807) is 0 Å². The monoisotopic (exact) mass is 556 g/mol. The quantitative estimate of drug-likeness (QED) is 0.183. The molecule has 0 unspecified atom stereocenters. The second-order valence-electron chi connectivity index (χ2n) is 11.1. The Bertz CT molecular complexity index is 1710. The Morgan fingerprint density at radius 1 is 0.857 bits per heavy atom. The molecule has 0 bridgehead atoms. The van der Waals surface area contributed by atoms with Gasteiger partial charge in [-0.05, 0) is 52.4 Å². The highest BCUT2D eigenvalue weighted by Gasteiger charge is 2.23. The SMILES string of the molecule is CCCCc1nc(CC(C)C)nn1Cc1ccc(-n2c(-c3ccccc3)cc(-c3ccccc3)c2-c2nn[nH]n2)cc1. The number of aromatic amines is 1. The summed E-state index contributed by atoms with van der Waals surface area (Å²) in [6, 6.07) is 31.7. The zero-order valence-electron chi connectivity index (χ0n) is 24.4. The van der Waals surface area contributed by atoms with Gasteiger partial charge < -0.3 is 4.57 Å². The molecule has 3 aromatic carbocycles. The third-order valence-electron chi connectivity index (χ3n) is 7.38. The minimum Gasteiger partial charge on any atom is -0.306 e. The van der Waals surface area contributed by atoms with Gasteiger partial charge in [0.1, 0.15) is 11.5 Å². The summed E-state index contributed by atoms with van der Waals surface area (Å²) < 4.78 is 4.32. The summed E-state index contributed by atoms with van der Waals surface area (Å²) in [6.45, 7) is 7.32. The van der Waals surface area contributed by atoms with Crippen LogP contribution in [-0.4, -0.2) is 40.0 Å². The van der Waals surface area contributed by atoms with Gasteiger partial charge in [0.25, 0.3) is 0 Å². The number of benzene rings is 3. The molecular formula is C34H36N8. The Morgan fingerprint density at radius 3 is 2.21 bits per heavy atom. The lowest BCUT2D eigenvalue weighted by Gasteiger charge is -2.14. The van der Waals surface area contributed by atoms with Crippen molar-refractivity contribution in [2.45, 2.75) is 53.0 Å². The molecule has 3 heterocycles. The summed E-state index contributed by atoms with van der Waals surface area (Å²) in [5.41, 5.74) is 7.37. The first kappa shape index (κ1) is 27.3. The number of hydrogen-bond donors (Lipinski definition) is 1. The molecule has 0 fully saturated rings. The molecule has 0 saturated carbocycles. The second kappa shape index (κ2) is 12.3. The van der Waals surface area contributed by atoms with E-state index in [4.69, 9.17) is 10.1 Å². The number of aryl methyl sites for hydroxylation is 1. The first-order chi connectivity index (χ1) is 20.6. The van der Waals surface area contributed by atoms with Crippen LogP contribution >= 0.6 is 0 Å². The van der Waals surface area contributed by atoms with Gasteiger partial charge in [-0.25, -0.2) is 9.67 Å². The largest absolute Gasteiger partial charge is 0.306 e. The number of nitrogens with one attached hydrogen (secondary N) is 1. The van der Waals surface area contributed by atoms with Crippen LogP contribution in [0.1, 0.15) is 50.8 Å². The van der Waals surface area contributed by atoms with Crippen molar-refractivity contribution < 1.29 is 0 Å². The third-order valence-corrected chi connectivity index (χ3v) is 7.38. The van der Waals surface area contributed by atoms with E-state index in [9.17, 15) is 0 Å². The summed E-state index contributed by atoms with van der Waals surface area (Å²) in [6.07, 6.45) is 4.08. The average molecular weight is 557 g/mol. The maximum absolute atomic E-state index is 4.89. The molecular weight excluding hydrogens is 520 g/mol. The standard InChI is InChI=1S/C34H36N8/c1-4-5-16-32-35-31(21-24(2)3)38-41(32)23-25-17-19-28(20-18-25)42-30(27-14-10-7-11-15-27)22-29(26-12-8-6-9-13-26)33(42)34-36-39-40-37-34/h6-15,17-20,22,24H,4-5,16,21,23H2,1-3H3,(H,36,37,39,40). The Morgan fingerprint density at radius 2 is 1.57 bits per heavy atom. The van der Waals surface area contributed by atoms with Crippen molar-refractivity contribution in [3.05, 3.63) is 108 Å². The number of tetrazole rings is 1. The molecule has 42 heavy (non-hydrogen) atoms. The highest BCUT2D eigenvalue weighted by molar-refractivity contribution is 5.86. The minimum atomic E-state index is 0.522. The number of rotatable bonds is 11. The topological polar surface area (TPSA) is 90.1 Å². The maximum Gasteiger partial charge on any atom is 0.222 e. The fourth-order valence-electron chi connectivity index (χ4n) is 5.37. The van der Waals surface area contributed by atoms with Crippen LogP contribution in [0.5, 0.6) is 0 Å². The molecule has 0 aliphatic heterocycles. The van der Waals surface area contributed by atoms with Gasteiger partial charge in [-0.15, -0.1) is 10.2 Å². The highest BCUT2D eigenvalue weighted by Crippen LogP contribution is 2.39. The predicted octanol–water partition coefficient (Wildman–Crippen LogP) is 7.17. The molecule has 0 amide bonds. The Balaban J connectivity index is 1.43. The Hall–Kier alpha value is -4.85. The number of hydrogen-bond acceptors (Lipinski definition) is 5. The normalized spacial score (nSPS) is 11.4. The van der Waals surface area contributed by atoms with E-state index in [0.717, 1.165) is 71.1 Å². The molecule has 8 heteroatoms. The van der Waals surface area contributed by atoms with Crippen LogP contribution in [0.25, 0.3) is 39.6 Å². The van der Waals surface area contributed by atoms with Gasteiger partial charge in [0.05, 0.1) is 12.2 Å². The van der Waals surface area contributed by atoms with Crippen LogP contribution in [0.3, 0.4) is 0 Å². The Labute approximate surface area is 246 Å². The van der Waals surface area contributed by atoms with Crippen molar-refractivity contribution >= 4 is 0 Å². The molecule has 1 N–H and O–H groups in total. The van der Waals surface area contributed by atoms with E-state index >= 15 is 0 Å². The van der Waals surface area contributed by atoms with Crippen LogP contribution in [0, 0.1) is 5.92 Å². The van der Waals surface area contributed by atoms with Gasteiger partial charge in [-0.3, -0.25) is 0 Å². The van der Waals surface area contributed by atoms with Gasteiger partial charge >= 0.3 is 0 Å². The second-order valence-corrected chi connectivity index (χ2v) is 11.1. The first-order valence-electron chi connectivity index (χ1n) is 14.7. The number of H-pyrrole nitrogens is 1. The summed E-state index contributed by atoms with van der Waals surface area (Å²) in [7, 11) is 0. The van der Waals surface area contributed by atoms with Gasteiger partial charge in [-0.2, -0.15) is 10.3 Å². The number of nitrogens with zero attached hydrogens (tertiary/aromatic N) is 7.